The zero-order chi connectivity index (χ0) is 15.2. The molecule has 21 heavy (non-hydrogen) atoms. The second kappa shape index (κ2) is 6.70. The van der Waals surface area contributed by atoms with E-state index in [-0.39, 0.29) is 23.5 Å². The van der Waals surface area contributed by atoms with Gasteiger partial charge in [0.15, 0.2) is 5.78 Å². The van der Waals surface area contributed by atoms with Crippen molar-refractivity contribution in [2.24, 2.45) is 0 Å². The summed E-state index contributed by atoms with van der Waals surface area (Å²) in [5.41, 5.74) is 1.03. The molecule has 4 heteroatoms. The van der Waals surface area contributed by atoms with Crippen molar-refractivity contribution in [3.8, 4) is 5.75 Å². The molecule has 0 spiro atoms. The van der Waals surface area contributed by atoms with Crippen molar-refractivity contribution in [1.82, 2.24) is 0 Å². The molecule has 2 aromatic rings. The fraction of sp³-hybridized carbons (Fsp3) is 0.176. The van der Waals surface area contributed by atoms with Crippen molar-refractivity contribution >= 4 is 11.8 Å². The van der Waals surface area contributed by atoms with Gasteiger partial charge in [0.1, 0.15) is 5.75 Å². The Morgan fingerprint density at radius 2 is 1.71 bits per heavy atom. The summed E-state index contributed by atoms with van der Waals surface area (Å²) in [4.78, 5) is 24.6. The molecule has 0 aliphatic rings. The van der Waals surface area contributed by atoms with Crippen molar-refractivity contribution in [2.75, 3.05) is 13.7 Å². The molecule has 0 fully saturated rings. The standard InChI is InChI=1S/C17H16O4/c1-3-21-17(19)14-10-9-13(20-2)11-15(14)16(18)12-7-5-4-6-8-12/h4-11H,3H2,1-2H3. The van der Waals surface area contributed by atoms with Crippen LogP contribution in [0, 0.1) is 0 Å². The predicted molar refractivity (Wildman–Crippen MR) is 78.8 cm³/mol. The van der Waals surface area contributed by atoms with Crippen LogP contribution in [-0.4, -0.2) is 25.5 Å². The molecule has 0 unspecified atom stereocenters. The van der Waals surface area contributed by atoms with Gasteiger partial charge in [0.05, 0.1) is 19.3 Å². The average molecular weight is 284 g/mol. The molecule has 0 aliphatic carbocycles. The molecule has 0 aromatic heterocycles. The van der Waals surface area contributed by atoms with Crippen LogP contribution in [0.25, 0.3) is 0 Å². The number of esters is 1. The monoisotopic (exact) mass is 284 g/mol. The number of hydrogen-bond acceptors (Lipinski definition) is 4. The predicted octanol–water partition coefficient (Wildman–Crippen LogP) is 3.10. The van der Waals surface area contributed by atoms with E-state index in [0.29, 0.717) is 11.3 Å². The third-order valence-electron chi connectivity index (χ3n) is 3.00. The number of carbonyl (C=O) groups is 2. The third kappa shape index (κ3) is 3.28. The summed E-state index contributed by atoms with van der Waals surface area (Å²) >= 11 is 0. The Kier molecular flexibility index (Phi) is 4.72. The number of carbonyl (C=O) groups excluding carboxylic acids is 2. The number of ether oxygens (including phenoxy) is 2. The van der Waals surface area contributed by atoms with E-state index < -0.39 is 5.97 Å². The van der Waals surface area contributed by atoms with Crippen LogP contribution >= 0.6 is 0 Å². The first-order chi connectivity index (χ1) is 10.2. The first-order valence-corrected chi connectivity index (χ1v) is 6.62. The minimum absolute atomic E-state index is 0.238. The fourth-order valence-electron chi connectivity index (χ4n) is 1.97. The Bertz CT molecular complexity index is 647. The Labute approximate surface area is 123 Å². The van der Waals surface area contributed by atoms with Crippen LogP contribution in [0.1, 0.15) is 33.2 Å². The highest BCUT2D eigenvalue weighted by atomic mass is 16.5. The summed E-state index contributed by atoms with van der Waals surface area (Å²) in [5, 5.41) is 0. The molecular formula is C17H16O4. The number of benzene rings is 2. The number of ketones is 1. The van der Waals surface area contributed by atoms with E-state index in [1.807, 2.05) is 6.07 Å². The second-order valence-corrected chi connectivity index (χ2v) is 4.33. The second-order valence-electron chi connectivity index (χ2n) is 4.33. The maximum Gasteiger partial charge on any atom is 0.338 e. The van der Waals surface area contributed by atoms with E-state index in [0.717, 1.165) is 0 Å². The molecule has 0 heterocycles. The summed E-state index contributed by atoms with van der Waals surface area (Å²) < 4.78 is 10.1. The topological polar surface area (TPSA) is 52.6 Å². The van der Waals surface area contributed by atoms with Gasteiger partial charge in [-0.2, -0.15) is 0 Å². The van der Waals surface area contributed by atoms with Gasteiger partial charge in [0, 0.05) is 11.1 Å². The first kappa shape index (κ1) is 14.8. The molecule has 0 saturated carbocycles. The lowest BCUT2D eigenvalue weighted by Crippen LogP contribution is -2.13. The van der Waals surface area contributed by atoms with E-state index in [1.165, 1.54) is 7.11 Å². The summed E-state index contributed by atoms with van der Waals surface area (Å²) in [6.45, 7) is 1.98. The summed E-state index contributed by atoms with van der Waals surface area (Å²) in [5.74, 6) is -0.237. The minimum Gasteiger partial charge on any atom is -0.497 e. The van der Waals surface area contributed by atoms with Gasteiger partial charge in [-0.15, -0.1) is 0 Å². The first-order valence-electron chi connectivity index (χ1n) is 6.62. The van der Waals surface area contributed by atoms with Gasteiger partial charge >= 0.3 is 5.97 Å². The van der Waals surface area contributed by atoms with Crippen molar-refractivity contribution in [2.45, 2.75) is 6.92 Å². The number of methoxy groups -OCH3 is 1. The van der Waals surface area contributed by atoms with E-state index in [9.17, 15) is 9.59 Å². The lowest BCUT2D eigenvalue weighted by Gasteiger charge is -2.10. The molecule has 2 rings (SSSR count). The molecule has 0 saturated heterocycles. The molecule has 0 aliphatic heterocycles. The minimum atomic E-state index is -0.514. The fourth-order valence-corrected chi connectivity index (χ4v) is 1.97. The van der Waals surface area contributed by atoms with Gasteiger partial charge in [-0.25, -0.2) is 4.79 Å². The molecule has 0 N–H and O–H groups in total. The van der Waals surface area contributed by atoms with Crippen LogP contribution < -0.4 is 4.74 Å². The van der Waals surface area contributed by atoms with Crippen LogP contribution in [0.2, 0.25) is 0 Å². The smallest absolute Gasteiger partial charge is 0.338 e. The van der Waals surface area contributed by atoms with Crippen LogP contribution in [0.3, 0.4) is 0 Å². The zero-order valence-corrected chi connectivity index (χ0v) is 12.0. The molecule has 2 aromatic carbocycles. The summed E-state index contributed by atoms with van der Waals surface area (Å²) in [6, 6.07) is 13.5. The van der Waals surface area contributed by atoms with Gasteiger partial charge in [0.2, 0.25) is 0 Å². The highest BCUT2D eigenvalue weighted by Gasteiger charge is 2.20. The lowest BCUT2D eigenvalue weighted by molar-refractivity contribution is 0.0523. The highest BCUT2D eigenvalue weighted by molar-refractivity contribution is 6.14. The number of hydrogen-bond donors (Lipinski definition) is 0. The van der Waals surface area contributed by atoms with Crippen molar-refractivity contribution in [1.29, 1.82) is 0 Å². The largest absolute Gasteiger partial charge is 0.497 e. The van der Waals surface area contributed by atoms with Crippen molar-refractivity contribution in [3.05, 3.63) is 65.2 Å². The van der Waals surface area contributed by atoms with Crippen molar-refractivity contribution in [3.63, 3.8) is 0 Å². The molecule has 0 bridgehead atoms. The van der Waals surface area contributed by atoms with Crippen LogP contribution in [-0.2, 0) is 4.74 Å². The lowest BCUT2D eigenvalue weighted by atomic mass is 9.98. The molecule has 0 amide bonds. The Hall–Kier alpha value is -2.62. The van der Waals surface area contributed by atoms with Gasteiger partial charge in [-0.3, -0.25) is 4.79 Å². The average Bonchev–Trinajstić information content (AvgIpc) is 2.54. The van der Waals surface area contributed by atoms with Crippen molar-refractivity contribution < 1.29 is 19.1 Å². The summed E-state index contributed by atoms with van der Waals surface area (Å²) in [6.07, 6.45) is 0. The molecule has 0 radical (unpaired) electrons. The molecule has 0 atom stereocenters. The zero-order valence-electron chi connectivity index (χ0n) is 12.0. The van der Waals surface area contributed by atoms with E-state index in [2.05, 4.69) is 0 Å². The van der Waals surface area contributed by atoms with E-state index in [1.54, 1.807) is 49.4 Å². The maximum atomic E-state index is 12.6. The maximum absolute atomic E-state index is 12.6. The summed E-state index contributed by atoms with van der Waals surface area (Å²) in [7, 11) is 1.51. The Morgan fingerprint density at radius 1 is 1.00 bits per heavy atom. The quantitative estimate of drug-likeness (QED) is 0.625. The van der Waals surface area contributed by atoms with E-state index >= 15 is 0 Å². The van der Waals surface area contributed by atoms with E-state index in [4.69, 9.17) is 9.47 Å². The normalized spacial score (nSPS) is 10.0. The van der Waals surface area contributed by atoms with Crippen LogP contribution in [0.15, 0.2) is 48.5 Å². The SMILES string of the molecule is CCOC(=O)c1ccc(OC)cc1C(=O)c1ccccc1. The van der Waals surface area contributed by atoms with Gasteiger partial charge in [0.25, 0.3) is 0 Å². The van der Waals surface area contributed by atoms with Gasteiger partial charge in [-0.1, -0.05) is 30.3 Å². The number of rotatable bonds is 5. The van der Waals surface area contributed by atoms with Crippen LogP contribution in [0.4, 0.5) is 0 Å². The highest BCUT2D eigenvalue weighted by Crippen LogP contribution is 2.21. The van der Waals surface area contributed by atoms with Crippen LogP contribution in [0.5, 0.6) is 5.75 Å². The molecule has 4 nitrogen and oxygen atoms in total. The Balaban J connectivity index is 2.49. The van der Waals surface area contributed by atoms with Gasteiger partial charge in [-0.05, 0) is 25.1 Å². The van der Waals surface area contributed by atoms with Gasteiger partial charge < -0.3 is 9.47 Å². The third-order valence-corrected chi connectivity index (χ3v) is 3.00. The molecular weight excluding hydrogens is 268 g/mol. The molecule has 108 valence electrons. The Morgan fingerprint density at radius 3 is 2.33 bits per heavy atom.